The predicted octanol–water partition coefficient (Wildman–Crippen LogP) is 5.31. The molecule has 0 aliphatic heterocycles. The molecule has 0 fully saturated rings. The summed E-state index contributed by atoms with van der Waals surface area (Å²) >= 11 is 0. The Morgan fingerprint density at radius 2 is 1.56 bits per heavy atom. The molecule has 0 heterocycles. The number of rotatable bonds is 11. The van der Waals surface area contributed by atoms with Crippen molar-refractivity contribution in [1.29, 1.82) is 0 Å². The van der Waals surface area contributed by atoms with E-state index in [0.29, 0.717) is 0 Å². The van der Waals surface area contributed by atoms with Crippen LogP contribution in [0.1, 0.15) is 59.3 Å². The van der Waals surface area contributed by atoms with Gasteiger partial charge in [0.25, 0.3) is 0 Å². The van der Waals surface area contributed by atoms with E-state index in [1.54, 1.807) is 0 Å². The van der Waals surface area contributed by atoms with Crippen LogP contribution in [0.2, 0.25) is 0 Å². The molecule has 2 nitrogen and oxygen atoms in total. The molecule has 0 aromatic heterocycles. The maximum atomic E-state index is 5.15. The van der Waals surface area contributed by atoms with Crippen LogP contribution < -0.4 is 0 Å². The molecule has 1 atom stereocenters. The first-order valence-corrected chi connectivity index (χ1v) is 7.21. The number of hydrogen-bond acceptors (Lipinski definition) is 2. The summed E-state index contributed by atoms with van der Waals surface area (Å²) in [6, 6.07) is 0. The number of hydrogen-bond donors (Lipinski definition) is 0. The van der Waals surface area contributed by atoms with E-state index in [-0.39, 0.29) is 0 Å². The Bertz CT molecular complexity index is 166. The monoisotopic (exact) mass is 256 g/mol. The first kappa shape index (κ1) is 19.4. The van der Waals surface area contributed by atoms with Gasteiger partial charge >= 0.3 is 0 Å². The summed E-state index contributed by atoms with van der Waals surface area (Å²) in [5, 5.41) is 0. The van der Waals surface area contributed by atoms with Crippen molar-refractivity contribution in [3.63, 3.8) is 0 Å². The molecule has 0 bridgehead atoms. The molecule has 1 unspecified atom stereocenters. The molecule has 18 heavy (non-hydrogen) atoms. The molecule has 0 saturated heterocycles. The minimum absolute atomic E-state index is 0.730. The van der Waals surface area contributed by atoms with Crippen molar-refractivity contribution in [2.24, 2.45) is 5.92 Å². The molecule has 0 aliphatic rings. The lowest BCUT2D eigenvalue weighted by Gasteiger charge is -2.12. The average molecular weight is 256 g/mol. The van der Waals surface area contributed by atoms with E-state index >= 15 is 0 Å². The summed E-state index contributed by atoms with van der Waals surface area (Å²) in [6.07, 6.45) is 10.4. The first-order chi connectivity index (χ1) is 8.76. The lowest BCUT2D eigenvalue weighted by molar-refractivity contribution is 0.184. The Morgan fingerprint density at radius 3 is 2.00 bits per heavy atom. The molecular weight excluding hydrogens is 224 g/mol. The SMILES string of the molecule is C=COCC(CC)CCCC.C=COCCCC. The van der Waals surface area contributed by atoms with Gasteiger partial charge in [-0.3, -0.25) is 0 Å². The van der Waals surface area contributed by atoms with E-state index < -0.39 is 0 Å². The fourth-order valence-corrected chi connectivity index (χ4v) is 1.41. The molecule has 0 spiro atoms. The van der Waals surface area contributed by atoms with Gasteiger partial charge in [-0.25, -0.2) is 0 Å². The highest BCUT2D eigenvalue weighted by Crippen LogP contribution is 2.12. The standard InChI is InChI=1S/C10H20O.C6H12O/c1-4-7-8-10(5-2)9-11-6-3;1-3-5-6-7-4-2/h6,10H,3-5,7-9H2,1-2H3;4H,2-3,5-6H2,1H3. The Balaban J connectivity index is 0. The zero-order valence-corrected chi connectivity index (χ0v) is 12.6. The zero-order valence-electron chi connectivity index (χ0n) is 12.6. The Morgan fingerprint density at radius 1 is 0.944 bits per heavy atom. The molecule has 0 rings (SSSR count). The van der Waals surface area contributed by atoms with Crippen LogP contribution in [0.4, 0.5) is 0 Å². The summed E-state index contributed by atoms with van der Waals surface area (Å²) in [5.41, 5.74) is 0. The van der Waals surface area contributed by atoms with E-state index in [1.807, 2.05) is 0 Å². The van der Waals surface area contributed by atoms with Gasteiger partial charge in [-0.05, 0) is 18.8 Å². The molecular formula is C16H32O2. The third kappa shape index (κ3) is 17.5. The second kappa shape index (κ2) is 18.4. The smallest absolute Gasteiger partial charge is 0.0901 e. The molecule has 2 heteroatoms. The van der Waals surface area contributed by atoms with Crippen LogP contribution >= 0.6 is 0 Å². The maximum Gasteiger partial charge on any atom is 0.0901 e. The summed E-state index contributed by atoms with van der Waals surface area (Å²) in [4.78, 5) is 0. The van der Waals surface area contributed by atoms with Gasteiger partial charge in [0.1, 0.15) is 0 Å². The van der Waals surface area contributed by atoms with E-state index in [0.717, 1.165) is 25.6 Å². The van der Waals surface area contributed by atoms with E-state index in [9.17, 15) is 0 Å². The third-order valence-electron chi connectivity index (χ3n) is 2.73. The van der Waals surface area contributed by atoms with Crippen molar-refractivity contribution in [2.45, 2.75) is 59.3 Å². The molecule has 108 valence electrons. The highest BCUT2D eigenvalue weighted by molar-refractivity contribution is 4.58. The van der Waals surface area contributed by atoms with Crippen molar-refractivity contribution in [2.75, 3.05) is 13.2 Å². The van der Waals surface area contributed by atoms with Gasteiger partial charge in [0.15, 0.2) is 0 Å². The van der Waals surface area contributed by atoms with Crippen molar-refractivity contribution >= 4 is 0 Å². The Hall–Kier alpha value is -0.920. The molecule has 0 amide bonds. The largest absolute Gasteiger partial charge is 0.502 e. The van der Waals surface area contributed by atoms with Crippen molar-refractivity contribution < 1.29 is 9.47 Å². The second-order valence-electron chi connectivity index (χ2n) is 4.31. The lowest BCUT2D eigenvalue weighted by Crippen LogP contribution is -2.05. The van der Waals surface area contributed by atoms with E-state index in [2.05, 4.69) is 33.9 Å². The summed E-state index contributed by atoms with van der Waals surface area (Å²) < 4.78 is 9.99. The van der Waals surface area contributed by atoms with Crippen LogP contribution in [0.25, 0.3) is 0 Å². The van der Waals surface area contributed by atoms with Gasteiger partial charge in [-0.2, -0.15) is 0 Å². The summed E-state index contributed by atoms with van der Waals surface area (Å²) in [5.74, 6) is 0.730. The molecule has 0 radical (unpaired) electrons. The molecule has 0 aliphatic carbocycles. The van der Waals surface area contributed by atoms with Crippen LogP contribution in [-0.4, -0.2) is 13.2 Å². The van der Waals surface area contributed by atoms with Gasteiger partial charge in [0, 0.05) is 0 Å². The normalized spacial score (nSPS) is 10.8. The first-order valence-electron chi connectivity index (χ1n) is 7.21. The number of ether oxygens (including phenoxy) is 2. The fourth-order valence-electron chi connectivity index (χ4n) is 1.41. The van der Waals surface area contributed by atoms with Gasteiger partial charge < -0.3 is 9.47 Å². The number of unbranched alkanes of at least 4 members (excludes halogenated alkanes) is 2. The molecule has 0 aromatic rings. The third-order valence-corrected chi connectivity index (χ3v) is 2.73. The van der Waals surface area contributed by atoms with Crippen LogP contribution in [-0.2, 0) is 9.47 Å². The van der Waals surface area contributed by atoms with E-state index in [4.69, 9.17) is 9.47 Å². The van der Waals surface area contributed by atoms with Crippen LogP contribution in [0.3, 0.4) is 0 Å². The minimum Gasteiger partial charge on any atom is -0.502 e. The summed E-state index contributed by atoms with van der Waals surface area (Å²) in [6.45, 7) is 15.2. The average Bonchev–Trinajstić information content (AvgIpc) is 2.40. The van der Waals surface area contributed by atoms with E-state index in [1.165, 1.54) is 44.6 Å². The highest BCUT2D eigenvalue weighted by atomic mass is 16.5. The van der Waals surface area contributed by atoms with Crippen LogP contribution in [0, 0.1) is 5.92 Å². The molecule has 0 N–H and O–H groups in total. The quantitative estimate of drug-likeness (QED) is 0.368. The minimum atomic E-state index is 0.730. The predicted molar refractivity (Wildman–Crippen MR) is 80.5 cm³/mol. The topological polar surface area (TPSA) is 18.5 Å². The maximum absolute atomic E-state index is 5.15. The fraction of sp³-hybridized carbons (Fsp3) is 0.750. The summed E-state index contributed by atoms with van der Waals surface area (Å²) in [7, 11) is 0. The highest BCUT2D eigenvalue weighted by Gasteiger charge is 2.04. The van der Waals surface area contributed by atoms with Crippen molar-refractivity contribution in [3.8, 4) is 0 Å². The van der Waals surface area contributed by atoms with Crippen molar-refractivity contribution in [1.82, 2.24) is 0 Å². The second-order valence-corrected chi connectivity index (χ2v) is 4.31. The van der Waals surface area contributed by atoms with Gasteiger partial charge in [-0.1, -0.05) is 59.6 Å². The van der Waals surface area contributed by atoms with Crippen LogP contribution in [0.15, 0.2) is 25.7 Å². The molecule has 0 saturated carbocycles. The van der Waals surface area contributed by atoms with Crippen LogP contribution in [0.5, 0.6) is 0 Å². The van der Waals surface area contributed by atoms with Gasteiger partial charge in [0.05, 0.1) is 25.7 Å². The molecule has 0 aromatic carbocycles. The lowest BCUT2D eigenvalue weighted by atomic mass is 10.0. The van der Waals surface area contributed by atoms with Crippen molar-refractivity contribution in [3.05, 3.63) is 25.7 Å². The Kier molecular flexibility index (Phi) is 19.9. The van der Waals surface area contributed by atoms with Gasteiger partial charge in [0.2, 0.25) is 0 Å². The van der Waals surface area contributed by atoms with Gasteiger partial charge in [-0.15, -0.1) is 0 Å². The Labute approximate surface area is 114 Å². The zero-order chi connectivity index (χ0) is 14.1.